The molecule has 0 bridgehead atoms. The summed E-state index contributed by atoms with van der Waals surface area (Å²) in [5, 5.41) is 0. The number of piperazine rings is 1. The number of methoxy groups -OCH3 is 2. The number of benzene rings is 2. The SMILES string of the molecule is COc1cc(OC)cc(N2CCN(S(=O)(=O)c3ccc(F)cc3F)CC2)c1. The molecule has 1 aliphatic heterocycles. The van der Waals surface area contributed by atoms with Crippen molar-refractivity contribution in [3.8, 4) is 11.5 Å². The predicted molar refractivity (Wildman–Crippen MR) is 96.9 cm³/mol. The second-order valence-electron chi connectivity index (χ2n) is 6.04. The number of ether oxygens (including phenoxy) is 2. The van der Waals surface area contributed by atoms with Gasteiger partial charge in [0, 0.05) is 56.1 Å². The van der Waals surface area contributed by atoms with Gasteiger partial charge in [-0.2, -0.15) is 4.31 Å². The summed E-state index contributed by atoms with van der Waals surface area (Å²) >= 11 is 0. The highest BCUT2D eigenvalue weighted by molar-refractivity contribution is 7.89. The maximum absolute atomic E-state index is 13.9. The lowest BCUT2D eigenvalue weighted by molar-refractivity contribution is 0.378. The molecular weight excluding hydrogens is 378 g/mol. The molecule has 0 aromatic heterocycles. The molecule has 0 radical (unpaired) electrons. The van der Waals surface area contributed by atoms with Crippen LogP contribution in [0.4, 0.5) is 14.5 Å². The Bertz CT molecular complexity index is 907. The van der Waals surface area contributed by atoms with Crippen molar-refractivity contribution in [1.82, 2.24) is 4.31 Å². The molecule has 0 aliphatic carbocycles. The van der Waals surface area contributed by atoms with Crippen molar-refractivity contribution in [2.45, 2.75) is 4.90 Å². The van der Waals surface area contributed by atoms with Crippen LogP contribution in [0, 0.1) is 11.6 Å². The summed E-state index contributed by atoms with van der Waals surface area (Å²) in [6, 6.07) is 7.90. The number of hydrogen-bond donors (Lipinski definition) is 0. The number of nitrogens with zero attached hydrogens (tertiary/aromatic N) is 2. The van der Waals surface area contributed by atoms with Crippen LogP contribution in [0.25, 0.3) is 0 Å². The highest BCUT2D eigenvalue weighted by atomic mass is 32.2. The van der Waals surface area contributed by atoms with Crippen LogP contribution in [0.1, 0.15) is 0 Å². The first-order valence-corrected chi connectivity index (χ1v) is 9.72. The Morgan fingerprint density at radius 3 is 2.00 bits per heavy atom. The maximum atomic E-state index is 13.9. The van der Waals surface area contributed by atoms with Gasteiger partial charge in [-0.3, -0.25) is 0 Å². The first-order chi connectivity index (χ1) is 12.8. The van der Waals surface area contributed by atoms with Gasteiger partial charge in [-0.15, -0.1) is 0 Å². The van der Waals surface area contributed by atoms with Gasteiger partial charge in [-0.25, -0.2) is 17.2 Å². The van der Waals surface area contributed by atoms with E-state index < -0.39 is 26.6 Å². The van der Waals surface area contributed by atoms with Gasteiger partial charge in [0.25, 0.3) is 0 Å². The molecule has 0 spiro atoms. The molecule has 1 fully saturated rings. The van der Waals surface area contributed by atoms with Gasteiger partial charge < -0.3 is 14.4 Å². The zero-order valence-corrected chi connectivity index (χ0v) is 15.8. The van der Waals surface area contributed by atoms with Crippen molar-refractivity contribution in [1.29, 1.82) is 0 Å². The summed E-state index contributed by atoms with van der Waals surface area (Å²) in [4.78, 5) is 1.48. The molecule has 9 heteroatoms. The normalized spacial score (nSPS) is 15.6. The van der Waals surface area contributed by atoms with E-state index in [9.17, 15) is 17.2 Å². The Labute approximate surface area is 157 Å². The van der Waals surface area contributed by atoms with E-state index in [0.717, 1.165) is 17.8 Å². The van der Waals surface area contributed by atoms with Crippen molar-refractivity contribution < 1.29 is 26.7 Å². The second kappa shape index (κ2) is 7.69. The Morgan fingerprint density at radius 2 is 1.48 bits per heavy atom. The van der Waals surface area contributed by atoms with Crippen LogP contribution >= 0.6 is 0 Å². The number of anilines is 1. The fourth-order valence-electron chi connectivity index (χ4n) is 2.99. The van der Waals surface area contributed by atoms with Crippen LogP contribution in [-0.2, 0) is 10.0 Å². The standard InChI is InChI=1S/C18H20F2N2O4S/c1-25-15-10-14(11-16(12-15)26-2)21-5-7-22(8-6-21)27(23,24)18-4-3-13(19)9-17(18)20/h3-4,9-12H,5-8H2,1-2H3. The quantitative estimate of drug-likeness (QED) is 0.775. The van der Waals surface area contributed by atoms with Crippen molar-refractivity contribution in [3.05, 3.63) is 48.0 Å². The molecule has 2 aromatic carbocycles. The molecule has 0 saturated carbocycles. The first kappa shape index (κ1) is 19.4. The molecule has 6 nitrogen and oxygen atoms in total. The Kier molecular flexibility index (Phi) is 5.52. The van der Waals surface area contributed by atoms with E-state index >= 15 is 0 Å². The number of rotatable bonds is 5. The molecule has 1 saturated heterocycles. The molecule has 1 aliphatic rings. The third-order valence-corrected chi connectivity index (χ3v) is 6.38. The molecule has 2 aromatic rings. The molecule has 0 amide bonds. The van der Waals surface area contributed by atoms with E-state index in [0.29, 0.717) is 30.7 Å². The van der Waals surface area contributed by atoms with E-state index in [1.165, 1.54) is 4.31 Å². The molecule has 146 valence electrons. The van der Waals surface area contributed by atoms with Crippen molar-refractivity contribution in [2.24, 2.45) is 0 Å². The monoisotopic (exact) mass is 398 g/mol. The fraction of sp³-hybridized carbons (Fsp3) is 0.333. The Hall–Kier alpha value is -2.39. The highest BCUT2D eigenvalue weighted by Crippen LogP contribution is 2.30. The van der Waals surface area contributed by atoms with Gasteiger partial charge in [0.15, 0.2) is 0 Å². The molecule has 0 unspecified atom stereocenters. The molecule has 1 heterocycles. The summed E-state index contributed by atoms with van der Waals surface area (Å²) in [5.74, 6) is -0.640. The molecule has 0 N–H and O–H groups in total. The molecular formula is C18H20F2N2O4S. The van der Waals surface area contributed by atoms with E-state index in [2.05, 4.69) is 0 Å². The third-order valence-electron chi connectivity index (χ3n) is 4.45. The predicted octanol–water partition coefficient (Wildman–Crippen LogP) is 2.49. The van der Waals surface area contributed by atoms with Crippen LogP contribution in [0.15, 0.2) is 41.3 Å². The number of sulfonamides is 1. The zero-order valence-electron chi connectivity index (χ0n) is 15.0. The number of hydrogen-bond acceptors (Lipinski definition) is 5. The lowest BCUT2D eigenvalue weighted by atomic mass is 10.2. The first-order valence-electron chi connectivity index (χ1n) is 8.28. The third kappa shape index (κ3) is 3.98. The minimum absolute atomic E-state index is 0.179. The largest absolute Gasteiger partial charge is 0.497 e. The van der Waals surface area contributed by atoms with Crippen molar-refractivity contribution in [2.75, 3.05) is 45.3 Å². The zero-order chi connectivity index (χ0) is 19.6. The van der Waals surface area contributed by atoms with Gasteiger partial charge in [0.2, 0.25) is 10.0 Å². The van der Waals surface area contributed by atoms with E-state index in [4.69, 9.17) is 9.47 Å². The van der Waals surface area contributed by atoms with Crippen LogP contribution in [-0.4, -0.2) is 53.1 Å². The number of halogens is 2. The van der Waals surface area contributed by atoms with Crippen LogP contribution in [0.5, 0.6) is 11.5 Å². The van der Waals surface area contributed by atoms with Gasteiger partial charge in [-0.1, -0.05) is 0 Å². The minimum atomic E-state index is -4.03. The topological polar surface area (TPSA) is 59.1 Å². The van der Waals surface area contributed by atoms with Gasteiger partial charge >= 0.3 is 0 Å². The minimum Gasteiger partial charge on any atom is -0.497 e. The van der Waals surface area contributed by atoms with E-state index in [1.54, 1.807) is 20.3 Å². The van der Waals surface area contributed by atoms with Crippen LogP contribution in [0.3, 0.4) is 0 Å². The maximum Gasteiger partial charge on any atom is 0.246 e. The highest BCUT2D eigenvalue weighted by Gasteiger charge is 2.31. The Balaban J connectivity index is 1.77. The summed E-state index contributed by atoms with van der Waals surface area (Å²) in [6.45, 7) is 1.19. The summed E-state index contributed by atoms with van der Waals surface area (Å²) in [7, 11) is -0.913. The lowest BCUT2D eigenvalue weighted by Crippen LogP contribution is -2.48. The van der Waals surface area contributed by atoms with Gasteiger partial charge in [0.1, 0.15) is 28.0 Å². The second-order valence-corrected chi connectivity index (χ2v) is 7.94. The summed E-state index contributed by atoms with van der Waals surface area (Å²) in [6.07, 6.45) is 0. The van der Waals surface area contributed by atoms with Gasteiger partial charge in [-0.05, 0) is 12.1 Å². The molecule has 0 atom stereocenters. The molecule has 3 rings (SSSR count). The Morgan fingerprint density at radius 1 is 0.889 bits per heavy atom. The van der Waals surface area contributed by atoms with Crippen molar-refractivity contribution in [3.63, 3.8) is 0 Å². The van der Waals surface area contributed by atoms with E-state index in [-0.39, 0.29) is 13.1 Å². The lowest BCUT2D eigenvalue weighted by Gasteiger charge is -2.35. The van der Waals surface area contributed by atoms with E-state index in [1.807, 2.05) is 17.0 Å². The average molecular weight is 398 g/mol. The summed E-state index contributed by atoms with van der Waals surface area (Å²) < 4.78 is 64.1. The fourth-order valence-corrected chi connectivity index (χ4v) is 4.45. The van der Waals surface area contributed by atoms with Crippen LogP contribution < -0.4 is 14.4 Å². The van der Waals surface area contributed by atoms with Crippen LogP contribution in [0.2, 0.25) is 0 Å². The van der Waals surface area contributed by atoms with Gasteiger partial charge in [0.05, 0.1) is 14.2 Å². The van der Waals surface area contributed by atoms with Crippen molar-refractivity contribution >= 4 is 15.7 Å². The smallest absolute Gasteiger partial charge is 0.246 e. The average Bonchev–Trinajstić information content (AvgIpc) is 2.67. The molecule has 27 heavy (non-hydrogen) atoms. The summed E-state index contributed by atoms with van der Waals surface area (Å²) in [5.41, 5.74) is 0.844.